The normalized spacial score (nSPS) is 11.3. The zero-order valence-electron chi connectivity index (χ0n) is 9.15. The number of benzene rings is 2. The van der Waals surface area contributed by atoms with Crippen LogP contribution in [0.2, 0.25) is 0 Å². The van der Waals surface area contributed by atoms with Crippen molar-refractivity contribution >= 4 is 32.7 Å². The van der Waals surface area contributed by atoms with Crippen molar-refractivity contribution in [1.82, 2.24) is 30.8 Å². The van der Waals surface area contributed by atoms with Crippen molar-refractivity contribution < 1.29 is 0 Å². The second-order valence-corrected chi connectivity index (χ2v) is 3.92. The molecule has 0 unspecified atom stereocenters. The number of rotatable bonds is 0. The largest absolute Gasteiger partial charge is 0.158 e. The third kappa shape index (κ3) is 1.11. The highest BCUT2D eigenvalue weighted by molar-refractivity contribution is 6.21. The summed E-state index contributed by atoms with van der Waals surface area (Å²) in [5.74, 6) is 0. The third-order valence-corrected chi connectivity index (χ3v) is 2.97. The monoisotopic (exact) mass is 234 g/mol. The molecule has 0 saturated carbocycles. The maximum atomic E-state index is 4.14. The van der Waals surface area contributed by atoms with Crippen LogP contribution in [0.25, 0.3) is 32.7 Å². The van der Waals surface area contributed by atoms with Crippen LogP contribution in [0.15, 0.2) is 36.5 Å². The van der Waals surface area contributed by atoms with Crippen LogP contribution in [-0.2, 0) is 0 Å². The number of nitrogens with zero attached hydrogens (tertiary/aromatic N) is 6. The molecular weight excluding hydrogens is 228 g/mol. The van der Waals surface area contributed by atoms with Gasteiger partial charge in [-0.2, -0.15) is 5.10 Å². The van der Waals surface area contributed by atoms with Crippen LogP contribution in [-0.4, -0.2) is 30.8 Å². The molecule has 0 radical (unpaired) electrons. The van der Waals surface area contributed by atoms with E-state index in [0.717, 1.165) is 16.2 Å². The van der Waals surface area contributed by atoms with Gasteiger partial charge in [0.15, 0.2) is 0 Å². The highest BCUT2D eigenvalue weighted by Crippen LogP contribution is 2.30. The lowest BCUT2D eigenvalue weighted by Gasteiger charge is -2.04. The standard InChI is InChI=1S/C12H6N6/c1-2-4-8-7(3-1)9-5-6-13-14-10(9)12-11(8)15-17-18-16-12/h1-6H. The molecule has 0 spiro atoms. The van der Waals surface area contributed by atoms with Gasteiger partial charge in [-0.1, -0.05) is 24.3 Å². The Morgan fingerprint density at radius 3 is 2.17 bits per heavy atom. The second-order valence-electron chi connectivity index (χ2n) is 3.92. The molecule has 0 aliphatic carbocycles. The Morgan fingerprint density at radius 1 is 0.611 bits per heavy atom. The lowest BCUT2D eigenvalue weighted by molar-refractivity contribution is 0.799. The Morgan fingerprint density at radius 2 is 1.28 bits per heavy atom. The van der Waals surface area contributed by atoms with Crippen molar-refractivity contribution in [2.45, 2.75) is 0 Å². The van der Waals surface area contributed by atoms with E-state index in [-0.39, 0.29) is 0 Å². The zero-order chi connectivity index (χ0) is 11.9. The molecule has 2 aromatic carbocycles. The molecule has 2 aromatic heterocycles. The fourth-order valence-electron chi connectivity index (χ4n) is 2.21. The molecule has 0 saturated heterocycles. The van der Waals surface area contributed by atoms with E-state index in [9.17, 15) is 0 Å². The fraction of sp³-hybridized carbons (Fsp3) is 0. The Hall–Kier alpha value is -2.76. The minimum Gasteiger partial charge on any atom is -0.158 e. The van der Waals surface area contributed by atoms with Gasteiger partial charge < -0.3 is 0 Å². The zero-order valence-corrected chi connectivity index (χ0v) is 9.15. The van der Waals surface area contributed by atoms with E-state index in [1.807, 2.05) is 30.3 Å². The summed E-state index contributed by atoms with van der Waals surface area (Å²) in [5, 5.41) is 26.4. The van der Waals surface area contributed by atoms with Crippen molar-refractivity contribution in [1.29, 1.82) is 0 Å². The van der Waals surface area contributed by atoms with Crippen molar-refractivity contribution in [3.05, 3.63) is 36.5 Å². The van der Waals surface area contributed by atoms with Gasteiger partial charge in [-0.25, -0.2) is 0 Å². The maximum Gasteiger partial charge on any atom is 0.144 e. The Kier molecular flexibility index (Phi) is 1.74. The van der Waals surface area contributed by atoms with Gasteiger partial charge >= 0.3 is 0 Å². The quantitative estimate of drug-likeness (QED) is 0.429. The average molecular weight is 234 g/mol. The minimum absolute atomic E-state index is 0.631. The Balaban J connectivity index is 2.46. The number of hydrogen-bond acceptors (Lipinski definition) is 6. The molecule has 2 heterocycles. The molecule has 6 heteroatoms. The molecule has 0 aliphatic rings. The smallest absolute Gasteiger partial charge is 0.144 e. The SMILES string of the molecule is c1ccc2c(c1)c1ccnnc1c1nnnnc21. The van der Waals surface area contributed by atoms with E-state index in [1.165, 1.54) is 0 Å². The van der Waals surface area contributed by atoms with Gasteiger partial charge in [-0.3, -0.25) is 0 Å². The lowest BCUT2D eigenvalue weighted by Crippen LogP contribution is -1.96. The van der Waals surface area contributed by atoms with Crippen LogP contribution in [0.5, 0.6) is 0 Å². The van der Waals surface area contributed by atoms with Gasteiger partial charge in [0.2, 0.25) is 0 Å². The van der Waals surface area contributed by atoms with E-state index in [2.05, 4.69) is 30.8 Å². The summed E-state index contributed by atoms with van der Waals surface area (Å²) >= 11 is 0. The Labute approximate surface area is 101 Å². The number of hydrogen-bond donors (Lipinski definition) is 0. The first kappa shape index (κ1) is 9.29. The van der Waals surface area contributed by atoms with Crippen molar-refractivity contribution in [2.75, 3.05) is 0 Å². The van der Waals surface area contributed by atoms with Crippen molar-refractivity contribution in [3.63, 3.8) is 0 Å². The summed E-state index contributed by atoms with van der Waals surface area (Å²) < 4.78 is 0. The molecule has 4 rings (SSSR count). The van der Waals surface area contributed by atoms with Crippen LogP contribution in [0.3, 0.4) is 0 Å². The predicted octanol–water partition coefficient (Wildman–Crippen LogP) is 1.52. The van der Waals surface area contributed by atoms with Gasteiger partial charge in [0.25, 0.3) is 0 Å². The summed E-state index contributed by atoms with van der Waals surface area (Å²) in [4.78, 5) is 0. The first-order valence-corrected chi connectivity index (χ1v) is 5.43. The number of aromatic nitrogens is 6. The van der Waals surface area contributed by atoms with Gasteiger partial charge in [-0.15, -0.1) is 15.3 Å². The number of fused-ring (bicyclic) bond motifs is 6. The topological polar surface area (TPSA) is 77.3 Å². The summed E-state index contributed by atoms with van der Waals surface area (Å²) in [6.07, 6.45) is 1.67. The first-order valence-electron chi connectivity index (χ1n) is 5.43. The van der Waals surface area contributed by atoms with Gasteiger partial charge in [0.1, 0.15) is 16.6 Å². The average Bonchev–Trinajstić information content (AvgIpc) is 2.48. The molecule has 6 nitrogen and oxygen atoms in total. The second kappa shape index (κ2) is 3.36. The van der Waals surface area contributed by atoms with Crippen LogP contribution < -0.4 is 0 Å². The summed E-state index contributed by atoms with van der Waals surface area (Å²) in [7, 11) is 0. The molecule has 0 fully saturated rings. The molecule has 0 atom stereocenters. The minimum atomic E-state index is 0.631. The molecule has 84 valence electrons. The van der Waals surface area contributed by atoms with Gasteiger partial charge in [-0.05, 0) is 21.9 Å². The predicted molar refractivity (Wildman–Crippen MR) is 65.7 cm³/mol. The Bertz CT molecular complexity index is 668. The van der Waals surface area contributed by atoms with E-state index in [4.69, 9.17) is 0 Å². The maximum absolute atomic E-state index is 4.14. The highest BCUT2D eigenvalue weighted by Gasteiger charge is 2.11. The van der Waals surface area contributed by atoms with E-state index >= 15 is 0 Å². The van der Waals surface area contributed by atoms with Crippen LogP contribution in [0.4, 0.5) is 0 Å². The third-order valence-electron chi connectivity index (χ3n) is 2.97. The molecule has 0 amide bonds. The van der Waals surface area contributed by atoms with Crippen LogP contribution in [0, 0.1) is 0 Å². The molecule has 18 heavy (non-hydrogen) atoms. The fourth-order valence-corrected chi connectivity index (χ4v) is 2.21. The van der Waals surface area contributed by atoms with Crippen molar-refractivity contribution in [2.24, 2.45) is 0 Å². The van der Waals surface area contributed by atoms with Crippen molar-refractivity contribution in [3.8, 4) is 0 Å². The summed E-state index contributed by atoms with van der Waals surface area (Å²) in [6.45, 7) is 0. The highest BCUT2D eigenvalue weighted by atomic mass is 15.4. The van der Waals surface area contributed by atoms with Gasteiger partial charge in [0.05, 0.1) is 6.20 Å². The molecular formula is C12H6N6. The first-order chi connectivity index (χ1) is 8.95. The van der Waals surface area contributed by atoms with Crippen LogP contribution >= 0.6 is 0 Å². The van der Waals surface area contributed by atoms with Crippen LogP contribution in [0.1, 0.15) is 0 Å². The molecule has 0 N–H and O–H groups in total. The summed E-state index contributed by atoms with van der Waals surface area (Å²) in [6, 6.07) is 9.89. The van der Waals surface area contributed by atoms with E-state index in [0.29, 0.717) is 16.6 Å². The molecule has 0 bridgehead atoms. The van der Waals surface area contributed by atoms with E-state index in [1.54, 1.807) is 6.20 Å². The van der Waals surface area contributed by atoms with E-state index < -0.39 is 0 Å². The lowest BCUT2D eigenvalue weighted by atomic mass is 10.0. The molecule has 4 aromatic rings. The van der Waals surface area contributed by atoms with Gasteiger partial charge in [0, 0.05) is 10.8 Å². The summed E-state index contributed by atoms with van der Waals surface area (Å²) in [5.41, 5.74) is 2.04. The molecule has 0 aliphatic heterocycles.